The number of anilines is 1. The van der Waals surface area contributed by atoms with Gasteiger partial charge in [-0.3, -0.25) is 4.79 Å². The van der Waals surface area contributed by atoms with E-state index in [-0.39, 0.29) is 11.3 Å². The number of unbranched alkanes of at least 4 members (excludes halogenated alkanes) is 1. The Morgan fingerprint density at radius 3 is 2.65 bits per heavy atom. The predicted octanol–water partition coefficient (Wildman–Crippen LogP) is 3.56. The topological polar surface area (TPSA) is 76.4 Å². The van der Waals surface area contributed by atoms with E-state index in [4.69, 9.17) is 0 Å². The number of nitriles is 1. The van der Waals surface area contributed by atoms with Crippen LogP contribution in [-0.4, -0.2) is 29.0 Å². The summed E-state index contributed by atoms with van der Waals surface area (Å²) in [5, 5.41) is 21.4. The number of phenolic OH excluding ortho intramolecular Hbond substituents is 1. The first-order chi connectivity index (χ1) is 11.0. The number of carbonyl (C=O) groups excluding carboxylic acids is 1. The summed E-state index contributed by atoms with van der Waals surface area (Å²) in [5.74, 6) is -0.288. The number of aromatic hydroxyl groups is 1. The molecule has 1 aromatic rings. The number of amides is 1. The number of phenols is 1. The van der Waals surface area contributed by atoms with E-state index < -0.39 is 5.91 Å². The molecule has 0 saturated carbocycles. The highest BCUT2D eigenvalue weighted by atomic mass is 16.3. The van der Waals surface area contributed by atoms with Crippen molar-refractivity contribution in [3.63, 3.8) is 0 Å². The monoisotopic (exact) mass is 315 g/mol. The Bertz CT molecular complexity index is 603. The molecule has 0 aromatic heterocycles. The van der Waals surface area contributed by atoms with Crippen molar-refractivity contribution in [3.8, 4) is 11.8 Å². The van der Waals surface area contributed by atoms with Gasteiger partial charge in [-0.1, -0.05) is 20.3 Å². The molecule has 1 amide bonds. The van der Waals surface area contributed by atoms with Crippen LogP contribution in [0.15, 0.2) is 30.0 Å². The molecular weight excluding hydrogens is 290 g/mol. The summed E-state index contributed by atoms with van der Waals surface area (Å²) in [6, 6.07) is 6.67. The van der Waals surface area contributed by atoms with Crippen LogP contribution in [0.2, 0.25) is 0 Å². The van der Waals surface area contributed by atoms with Gasteiger partial charge in [0.15, 0.2) is 0 Å². The Morgan fingerprint density at radius 2 is 2.09 bits per heavy atom. The summed E-state index contributed by atoms with van der Waals surface area (Å²) in [4.78, 5) is 14.3. The molecule has 0 bridgehead atoms. The Balaban J connectivity index is 2.87. The maximum absolute atomic E-state index is 12.3. The summed E-state index contributed by atoms with van der Waals surface area (Å²) < 4.78 is 0. The van der Waals surface area contributed by atoms with Crippen LogP contribution in [-0.2, 0) is 4.79 Å². The Labute approximate surface area is 138 Å². The molecule has 1 aromatic carbocycles. The van der Waals surface area contributed by atoms with Crippen LogP contribution in [0.25, 0.3) is 0 Å². The zero-order valence-corrected chi connectivity index (χ0v) is 14.1. The van der Waals surface area contributed by atoms with Crippen molar-refractivity contribution in [1.82, 2.24) is 4.90 Å². The second-order valence-corrected chi connectivity index (χ2v) is 5.50. The summed E-state index contributed by atoms with van der Waals surface area (Å²) in [6.07, 6.45) is 4.69. The van der Waals surface area contributed by atoms with Crippen LogP contribution in [0.4, 0.5) is 5.69 Å². The molecule has 0 atom stereocenters. The smallest absolute Gasteiger partial charge is 0.267 e. The fraction of sp³-hybridized carbons (Fsp3) is 0.444. The molecule has 5 nitrogen and oxygen atoms in total. The third kappa shape index (κ3) is 6.03. The minimum Gasteiger partial charge on any atom is -0.508 e. The summed E-state index contributed by atoms with van der Waals surface area (Å²) in [7, 11) is 0. The first-order valence-corrected chi connectivity index (χ1v) is 7.98. The van der Waals surface area contributed by atoms with Gasteiger partial charge in [0.2, 0.25) is 0 Å². The molecule has 0 aliphatic rings. The maximum atomic E-state index is 12.3. The number of nitrogens with one attached hydrogen (secondary N) is 1. The molecule has 124 valence electrons. The van der Waals surface area contributed by atoms with Gasteiger partial charge in [-0.05, 0) is 43.5 Å². The fourth-order valence-corrected chi connectivity index (χ4v) is 2.19. The normalized spacial score (nSPS) is 11.0. The average Bonchev–Trinajstić information content (AvgIpc) is 2.52. The molecule has 0 fully saturated rings. The van der Waals surface area contributed by atoms with Crippen molar-refractivity contribution in [3.05, 3.63) is 35.5 Å². The van der Waals surface area contributed by atoms with Gasteiger partial charge < -0.3 is 15.3 Å². The van der Waals surface area contributed by atoms with Crippen molar-refractivity contribution >= 4 is 11.6 Å². The molecule has 1 rings (SSSR count). The van der Waals surface area contributed by atoms with Gasteiger partial charge in [-0.15, -0.1) is 0 Å². The second-order valence-electron chi connectivity index (χ2n) is 5.50. The lowest BCUT2D eigenvalue weighted by Gasteiger charge is -2.20. The van der Waals surface area contributed by atoms with E-state index in [0.29, 0.717) is 5.69 Å². The van der Waals surface area contributed by atoms with E-state index in [1.807, 2.05) is 11.0 Å². The van der Waals surface area contributed by atoms with Gasteiger partial charge >= 0.3 is 0 Å². The minimum absolute atomic E-state index is 0.0852. The van der Waals surface area contributed by atoms with E-state index >= 15 is 0 Å². The van der Waals surface area contributed by atoms with Crippen molar-refractivity contribution in [2.24, 2.45) is 0 Å². The van der Waals surface area contributed by atoms with Crippen molar-refractivity contribution in [2.45, 2.75) is 40.0 Å². The molecule has 5 heteroatoms. The highest BCUT2D eigenvalue weighted by Crippen LogP contribution is 2.20. The molecule has 0 spiro atoms. The molecule has 23 heavy (non-hydrogen) atoms. The molecule has 0 radical (unpaired) electrons. The van der Waals surface area contributed by atoms with E-state index in [0.717, 1.165) is 37.9 Å². The zero-order chi connectivity index (χ0) is 17.2. The quantitative estimate of drug-likeness (QED) is 0.437. The van der Waals surface area contributed by atoms with Crippen LogP contribution >= 0.6 is 0 Å². The number of nitrogens with zero attached hydrogens (tertiary/aromatic N) is 2. The summed E-state index contributed by atoms with van der Waals surface area (Å²) in [5.41, 5.74) is 1.42. The number of benzene rings is 1. The second kappa shape index (κ2) is 9.52. The highest BCUT2D eigenvalue weighted by molar-refractivity contribution is 6.06. The van der Waals surface area contributed by atoms with Crippen molar-refractivity contribution in [2.75, 3.05) is 18.4 Å². The molecule has 2 N–H and O–H groups in total. The van der Waals surface area contributed by atoms with E-state index in [9.17, 15) is 15.2 Å². The number of hydrogen-bond acceptors (Lipinski definition) is 4. The lowest BCUT2D eigenvalue weighted by molar-refractivity contribution is -0.112. The lowest BCUT2D eigenvalue weighted by Crippen LogP contribution is -2.23. The van der Waals surface area contributed by atoms with Crippen molar-refractivity contribution in [1.29, 1.82) is 5.26 Å². The SMILES string of the molecule is CCCCN(/C=C(/C#N)C(=O)Nc1ccc(O)cc1C)CCC. The molecule has 0 saturated heterocycles. The number of rotatable bonds is 8. The van der Waals surface area contributed by atoms with Crippen LogP contribution in [0, 0.1) is 18.3 Å². The van der Waals surface area contributed by atoms with Crippen LogP contribution in [0.5, 0.6) is 5.75 Å². The minimum atomic E-state index is -0.432. The number of carbonyl (C=O) groups is 1. The molecular formula is C18H25N3O2. The number of hydrogen-bond donors (Lipinski definition) is 2. The van der Waals surface area contributed by atoms with Gasteiger partial charge in [0.05, 0.1) is 0 Å². The zero-order valence-electron chi connectivity index (χ0n) is 14.1. The first kappa shape index (κ1) is 18.6. The van der Waals surface area contributed by atoms with Crippen LogP contribution in [0.3, 0.4) is 0 Å². The third-order valence-corrected chi connectivity index (χ3v) is 3.44. The molecule has 0 aliphatic carbocycles. The van der Waals surface area contributed by atoms with Gasteiger partial charge in [-0.25, -0.2) is 0 Å². The standard InChI is InChI=1S/C18H25N3O2/c1-4-6-10-21(9-5-2)13-15(12-19)18(23)20-17-8-7-16(22)11-14(17)3/h7-8,11,13,22H,4-6,9-10H2,1-3H3,(H,20,23)/b15-13-. The van der Waals surface area contributed by atoms with Gasteiger partial charge in [0.25, 0.3) is 5.91 Å². The van der Waals surface area contributed by atoms with Crippen molar-refractivity contribution < 1.29 is 9.90 Å². The van der Waals surface area contributed by atoms with Gasteiger partial charge in [-0.2, -0.15) is 5.26 Å². The largest absolute Gasteiger partial charge is 0.508 e. The van der Waals surface area contributed by atoms with E-state index in [1.165, 1.54) is 6.07 Å². The van der Waals surface area contributed by atoms with Crippen LogP contribution in [0.1, 0.15) is 38.7 Å². The molecule has 0 heterocycles. The maximum Gasteiger partial charge on any atom is 0.267 e. The highest BCUT2D eigenvalue weighted by Gasteiger charge is 2.12. The summed E-state index contributed by atoms with van der Waals surface area (Å²) in [6.45, 7) is 7.62. The Kier molecular flexibility index (Phi) is 7.69. The fourth-order valence-electron chi connectivity index (χ4n) is 2.19. The average molecular weight is 315 g/mol. The Morgan fingerprint density at radius 1 is 1.35 bits per heavy atom. The number of aryl methyl sites for hydroxylation is 1. The van der Waals surface area contributed by atoms with E-state index in [1.54, 1.807) is 25.3 Å². The molecule has 0 unspecified atom stereocenters. The summed E-state index contributed by atoms with van der Waals surface area (Å²) >= 11 is 0. The molecule has 0 aliphatic heterocycles. The van der Waals surface area contributed by atoms with Crippen LogP contribution < -0.4 is 5.32 Å². The Hall–Kier alpha value is -2.48. The first-order valence-electron chi connectivity index (χ1n) is 7.98. The van der Waals surface area contributed by atoms with E-state index in [2.05, 4.69) is 19.2 Å². The van der Waals surface area contributed by atoms with Gasteiger partial charge in [0, 0.05) is 25.0 Å². The predicted molar refractivity (Wildman–Crippen MR) is 91.9 cm³/mol. The van der Waals surface area contributed by atoms with Gasteiger partial charge in [0.1, 0.15) is 17.4 Å². The lowest BCUT2D eigenvalue weighted by atomic mass is 10.1. The third-order valence-electron chi connectivity index (χ3n) is 3.44.